The highest BCUT2D eigenvalue weighted by atomic mass is 35.5. The first-order chi connectivity index (χ1) is 9.70. The number of nitrogen functional groups attached to an aromatic ring is 1. The van der Waals surface area contributed by atoms with E-state index >= 15 is 0 Å². The van der Waals surface area contributed by atoms with Crippen LogP contribution in [0.25, 0.3) is 11.4 Å². The Morgan fingerprint density at radius 2 is 2.30 bits per heavy atom. The molecule has 5 nitrogen and oxygen atoms in total. The molecule has 0 bridgehead atoms. The average Bonchev–Trinajstić information content (AvgIpc) is 3.05. The summed E-state index contributed by atoms with van der Waals surface area (Å²) >= 11 is 8.93. The first kappa shape index (κ1) is 13.4. The lowest BCUT2D eigenvalue weighted by Gasteiger charge is -1.94. The van der Waals surface area contributed by atoms with Crippen LogP contribution in [0, 0.1) is 0 Å². The van der Waals surface area contributed by atoms with E-state index in [0.29, 0.717) is 27.6 Å². The van der Waals surface area contributed by atoms with Crippen molar-refractivity contribution in [2.45, 2.75) is 9.96 Å². The van der Waals surface area contributed by atoms with E-state index in [9.17, 15) is 0 Å². The smallest absolute Gasteiger partial charge is 0.237 e. The van der Waals surface area contributed by atoms with Crippen molar-refractivity contribution >= 4 is 39.8 Å². The van der Waals surface area contributed by atoms with Gasteiger partial charge in [-0.15, -0.1) is 11.8 Å². The maximum Gasteiger partial charge on any atom is 0.237 e. The molecule has 20 heavy (non-hydrogen) atoms. The Morgan fingerprint density at radius 1 is 1.40 bits per heavy atom. The summed E-state index contributed by atoms with van der Waals surface area (Å²) in [7, 11) is 0. The van der Waals surface area contributed by atoms with E-state index in [1.807, 2.05) is 12.1 Å². The van der Waals surface area contributed by atoms with Crippen molar-refractivity contribution in [2.24, 2.45) is 0 Å². The minimum Gasteiger partial charge on any atom is -0.375 e. The molecule has 0 unspecified atom stereocenters. The van der Waals surface area contributed by atoms with Crippen LogP contribution in [0.5, 0.6) is 0 Å². The number of rotatable bonds is 4. The van der Waals surface area contributed by atoms with Crippen molar-refractivity contribution in [3.05, 3.63) is 41.4 Å². The normalized spacial score (nSPS) is 10.8. The standard InChI is InChI=1S/C12H9ClN4OS2/c13-8-3-1-2-7(4-8)11-16-9(18-17-11)6-19-10-5-15-12(14)20-10/h1-5H,6H2,(H2,14,15). The highest BCUT2D eigenvalue weighted by molar-refractivity contribution is 8.00. The van der Waals surface area contributed by atoms with Crippen molar-refractivity contribution < 1.29 is 4.52 Å². The predicted octanol–water partition coefficient (Wildman–Crippen LogP) is 3.72. The first-order valence-corrected chi connectivity index (χ1v) is 7.81. The van der Waals surface area contributed by atoms with Gasteiger partial charge in [0.15, 0.2) is 5.13 Å². The molecule has 0 fully saturated rings. The number of anilines is 1. The van der Waals surface area contributed by atoms with Gasteiger partial charge in [0.05, 0.1) is 16.2 Å². The van der Waals surface area contributed by atoms with E-state index in [1.165, 1.54) is 11.3 Å². The average molecular weight is 325 g/mol. The number of hydrogen-bond acceptors (Lipinski definition) is 7. The SMILES string of the molecule is Nc1ncc(SCc2nc(-c3cccc(Cl)c3)no2)s1. The van der Waals surface area contributed by atoms with Crippen molar-refractivity contribution in [1.82, 2.24) is 15.1 Å². The van der Waals surface area contributed by atoms with Gasteiger partial charge in [0.2, 0.25) is 11.7 Å². The molecule has 0 spiro atoms. The summed E-state index contributed by atoms with van der Waals surface area (Å²) in [6.45, 7) is 0. The Morgan fingerprint density at radius 3 is 3.05 bits per heavy atom. The second kappa shape index (κ2) is 5.82. The molecule has 0 atom stereocenters. The molecule has 8 heteroatoms. The number of benzene rings is 1. The van der Waals surface area contributed by atoms with Gasteiger partial charge < -0.3 is 10.3 Å². The third kappa shape index (κ3) is 3.12. The van der Waals surface area contributed by atoms with Gasteiger partial charge in [0, 0.05) is 10.6 Å². The topological polar surface area (TPSA) is 77.8 Å². The minimum atomic E-state index is 0.534. The third-order valence-electron chi connectivity index (χ3n) is 2.39. The van der Waals surface area contributed by atoms with E-state index in [0.717, 1.165) is 9.77 Å². The van der Waals surface area contributed by atoms with Crippen LogP contribution in [0.4, 0.5) is 5.13 Å². The number of aromatic nitrogens is 3. The molecule has 0 saturated heterocycles. The molecule has 3 rings (SSSR count). The molecule has 2 aromatic heterocycles. The van der Waals surface area contributed by atoms with Crippen molar-refractivity contribution in [3.63, 3.8) is 0 Å². The van der Waals surface area contributed by atoms with Crippen LogP contribution in [0.3, 0.4) is 0 Å². The molecule has 1 aromatic carbocycles. The first-order valence-electron chi connectivity index (χ1n) is 5.63. The van der Waals surface area contributed by atoms with E-state index in [1.54, 1.807) is 30.1 Å². The summed E-state index contributed by atoms with van der Waals surface area (Å²) in [6, 6.07) is 7.34. The van der Waals surface area contributed by atoms with E-state index in [2.05, 4.69) is 15.1 Å². The lowest BCUT2D eigenvalue weighted by molar-refractivity contribution is 0.391. The second-order valence-electron chi connectivity index (χ2n) is 3.83. The number of nitrogens with zero attached hydrogens (tertiary/aromatic N) is 3. The third-order valence-corrected chi connectivity index (χ3v) is 4.63. The summed E-state index contributed by atoms with van der Waals surface area (Å²) in [4.78, 5) is 8.32. The zero-order valence-electron chi connectivity index (χ0n) is 10.1. The number of hydrogen-bond donors (Lipinski definition) is 1. The lowest BCUT2D eigenvalue weighted by Crippen LogP contribution is -1.82. The summed E-state index contributed by atoms with van der Waals surface area (Å²) in [6.07, 6.45) is 1.74. The summed E-state index contributed by atoms with van der Waals surface area (Å²) < 4.78 is 6.23. The van der Waals surface area contributed by atoms with Gasteiger partial charge in [-0.3, -0.25) is 0 Å². The molecule has 0 aliphatic heterocycles. The Labute approximate surface area is 128 Å². The minimum absolute atomic E-state index is 0.534. The number of thiazole rings is 1. The van der Waals surface area contributed by atoms with Crippen LogP contribution in [0.1, 0.15) is 5.89 Å². The van der Waals surface area contributed by atoms with Crippen molar-refractivity contribution in [3.8, 4) is 11.4 Å². The summed E-state index contributed by atoms with van der Waals surface area (Å²) in [5.74, 6) is 1.67. The molecule has 0 aliphatic carbocycles. The van der Waals surface area contributed by atoms with Gasteiger partial charge in [-0.2, -0.15) is 4.98 Å². The summed E-state index contributed by atoms with van der Waals surface area (Å²) in [5.41, 5.74) is 6.40. The zero-order chi connectivity index (χ0) is 13.9. The van der Waals surface area contributed by atoms with Crippen molar-refractivity contribution in [1.29, 1.82) is 0 Å². The van der Waals surface area contributed by atoms with E-state index < -0.39 is 0 Å². The molecule has 0 aliphatic rings. The van der Waals surface area contributed by atoms with Crippen LogP contribution in [0.15, 0.2) is 39.2 Å². The fourth-order valence-corrected chi connectivity index (χ4v) is 3.32. The van der Waals surface area contributed by atoms with E-state index in [-0.39, 0.29) is 0 Å². The van der Waals surface area contributed by atoms with Gasteiger partial charge in [-0.05, 0) is 12.1 Å². The van der Waals surface area contributed by atoms with Crippen molar-refractivity contribution in [2.75, 3.05) is 5.73 Å². The van der Waals surface area contributed by atoms with E-state index in [4.69, 9.17) is 21.9 Å². The monoisotopic (exact) mass is 324 g/mol. The molecule has 2 heterocycles. The Bertz CT molecular complexity index is 728. The number of nitrogens with two attached hydrogens (primary N) is 1. The number of halogens is 1. The Balaban J connectivity index is 1.70. The van der Waals surface area contributed by atoms with Gasteiger partial charge >= 0.3 is 0 Å². The van der Waals surface area contributed by atoms with Gasteiger partial charge in [0.1, 0.15) is 0 Å². The zero-order valence-corrected chi connectivity index (χ0v) is 12.5. The molecular weight excluding hydrogens is 316 g/mol. The second-order valence-corrected chi connectivity index (χ2v) is 6.60. The maximum atomic E-state index is 5.94. The number of thioether (sulfide) groups is 1. The molecular formula is C12H9ClN4OS2. The van der Waals surface area contributed by atoms with Gasteiger partial charge in [-0.1, -0.05) is 40.2 Å². The fraction of sp³-hybridized carbons (Fsp3) is 0.0833. The Kier molecular flexibility index (Phi) is 3.90. The fourth-order valence-electron chi connectivity index (χ4n) is 1.53. The Hall–Kier alpha value is -1.57. The van der Waals surface area contributed by atoms with Crippen LogP contribution < -0.4 is 5.73 Å². The van der Waals surface area contributed by atoms with Crippen LogP contribution in [0.2, 0.25) is 5.02 Å². The molecule has 0 saturated carbocycles. The van der Waals surface area contributed by atoms with Crippen LogP contribution in [-0.2, 0) is 5.75 Å². The molecule has 102 valence electrons. The highest BCUT2D eigenvalue weighted by Crippen LogP contribution is 2.29. The highest BCUT2D eigenvalue weighted by Gasteiger charge is 2.10. The maximum absolute atomic E-state index is 5.94. The predicted molar refractivity (Wildman–Crippen MR) is 80.8 cm³/mol. The molecule has 3 aromatic rings. The quantitative estimate of drug-likeness (QED) is 0.737. The van der Waals surface area contributed by atoms with Crippen LogP contribution in [-0.4, -0.2) is 15.1 Å². The van der Waals surface area contributed by atoms with Crippen LogP contribution >= 0.6 is 34.7 Å². The molecule has 2 N–H and O–H groups in total. The molecule has 0 amide bonds. The largest absolute Gasteiger partial charge is 0.375 e. The van der Waals surface area contributed by atoms with Gasteiger partial charge in [-0.25, -0.2) is 4.98 Å². The lowest BCUT2D eigenvalue weighted by atomic mass is 10.2. The van der Waals surface area contributed by atoms with Gasteiger partial charge in [0.25, 0.3) is 0 Å². The summed E-state index contributed by atoms with van der Waals surface area (Å²) in [5, 5.41) is 5.15. The molecule has 0 radical (unpaired) electrons.